The molecule has 1 fully saturated rings. The fraction of sp³-hybridized carbons (Fsp3) is 0.778. The van der Waals surface area contributed by atoms with Gasteiger partial charge in [0, 0.05) is 12.6 Å². The van der Waals surface area contributed by atoms with E-state index in [1.54, 1.807) is 4.90 Å². The molecule has 1 saturated heterocycles. The molecule has 15 heavy (non-hydrogen) atoms. The molecule has 2 unspecified atom stereocenters. The molecular formula is C9H16N2O4. The average molecular weight is 216 g/mol. The second-order valence-electron chi connectivity index (χ2n) is 3.71. The summed E-state index contributed by atoms with van der Waals surface area (Å²) in [5.41, 5.74) is 0. The summed E-state index contributed by atoms with van der Waals surface area (Å²) in [6, 6.07) is -1.50. The smallest absolute Gasteiger partial charge is 0.328 e. The monoisotopic (exact) mass is 216 g/mol. The number of nitrogens with one attached hydrogen (secondary N) is 1. The van der Waals surface area contributed by atoms with E-state index in [0.717, 1.165) is 12.8 Å². The van der Waals surface area contributed by atoms with E-state index in [1.807, 2.05) is 6.92 Å². The van der Waals surface area contributed by atoms with Crippen molar-refractivity contribution in [2.45, 2.75) is 31.8 Å². The molecule has 1 heterocycles. The Morgan fingerprint density at radius 1 is 1.60 bits per heavy atom. The molecule has 3 N–H and O–H groups in total. The van der Waals surface area contributed by atoms with Gasteiger partial charge >= 0.3 is 12.0 Å². The molecule has 2 atom stereocenters. The Morgan fingerprint density at radius 3 is 2.67 bits per heavy atom. The van der Waals surface area contributed by atoms with Crippen LogP contribution in [-0.4, -0.2) is 52.3 Å². The number of aliphatic carboxylic acids is 1. The Morgan fingerprint density at radius 2 is 2.27 bits per heavy atom. The first-order chi connectivity index (χ1) is 7.06. The topological polar surface area (TPSA) is 89.9 Å². The molecule has 0 bridgehead atoms. The van der Waals surface area contributed by atoms with Gasteiger partial charge in [0.2, 0.25) is 0 Å². The van der Waals surface area contributed by atoms with E-state index in [1.165, 1.54) is 0 Å². The molecule has 2 amide bonds. The number of urea groups is 1. The molecule has 86 valence electrons. The van der Waals surface area contributed by atoms with E-state index in [-0.39, 0.29) is 6.04 Å². The van der Waals surface area contributed by atoms with Gasteiger partial charge in [-0.25, -0.2) is 9.59 Å². The Hall–Kier alpha value is -1.30. The maximum absolute atomic E-state index is 11.6. The van der Waals surface area contributed by atoms with E-state index < -0.39 is 24.6 Å². The molecule has 0 saturated carbocycles. The highest BCUT2D eigenvalue weighted by molar-refractivity contribution is 5.82. The number of carboxylic acids is 1. The summed E-state index contributed by atoms with van der Waals surface area (Å²) in [6.07, 6.45) is 1.87. The summed E-state index contributed by atoms with van der Waals surface area (Å²) in [7, 11) is 0. The number of carbonyl (C=O) groups excluding carboxylic acids is 1. The SMILES string of the molecule is CC1CCCN1C(=O)NC(CO)C(=O)O. The standard InChI is InChI=1S/C9H16N2O4/c1-6-3-2-4-11(6)9(15)10-7(5-12)8(13)14/h6-7,12H,2-5H2,1H3,(H,10,15)(H,13,14). The zero-order valence-corrected chi connectivity index (χ0v) is 8.64. The third-order valence-electron chi connectivity index (χ3n) is 2.59. The van der Waals surface area contributed by atoms with Gasteiger partial charge in [0.05, 0.1) is 6.61 Å². The van der Waals surface area contributed by atoms with Crippen molar-refractivity contribution in [2.75, 3.05) is 13.2 Å². The van der Waals surface area contributed by atoms with Gasteiger partial charge < -0.3 is 20.4 Å². The predicted molar refractivity (Wildman–Crippen MR) is 52.4 cm³/mol. The van der Waals surface area contributed by atoms with Crippen LogP contribution in [0.4, 0.5) is 4.79 Å². The predicted octanol–water partition coefficient (Wildman–Crippen LogP) is -0.374. The molecule has 1 aliphatic heterocycles. The molecule has 0 aromatic rings. The van der Waals surface area contributed by atoms with Crippen molar-refractivity contribution < 1.29 is 19.8 Å². The minimum atomic E-state index is -1.22. The van der Waals surface area contributed by atoms with E-state index in [9.17, 15) is 9.59 Å². The second-order valence-corrected chi connectivity index (χ2v) is 3.71. The van der Waals surface area contributed by atoms with Crippen LogP contribution in [0, 0.1) is 0 Å². The van der Waals surface area contributed by atoms with E-state index in [2.05, 4.69) is 5.32 Å². The summed E-state index contributed by atoms with van der Waals surface area (Å²) in [6.45, 7) is 1.97. The summed E-state index contributed by atoms with van der Waals surface area (Å²) in [4.78, 5) is 23.7. The first kappa shape index (κ1) is 11.8. The van der Waals surface area contributed by atoms with Crippen molar-refractivity contribution in [2.24, 2.45) is 0 Å². The Labute approximate surface area is 87.9 Å². The van der Waals surface area contributed by atoms with Crippen LogP contribution in [0.3, 0.4) is 0 Å². The van der Waals surface area contributed by atoms with Crippen LogP contribution in [0.1, 0.15) is 19.8 Å². The van der Waals surface area contributed by atoms with Gasteiger partial charge in [-0.3, -0.25) is 0 Å². The maximum Gasteiger partial charge on any atom is 0.328 e. The molecule has 1 aliphatic rings. The number of likely N-dealkylation sites (tertiary alicyclic amines) is 1. The number of amides is 2. The minimum absolute atomic E-state index is 0.137. The summed E-state index contributed by atoms with van der Waals surface area (Å²) < 4.78 is 0. The number of hydrogen-bond acceptors (Lipinski definition) is 3. The van der Waals surface area contributed by atoms with Crippen molar-refractivity contribution in [1.29, 1.82) is 0 Å². The minimum Gasteiger partial charge on any atom is -0.480 e. The van der Waals surface area contributed by atoms with E-state index in [4.69, 9.17) is 10.2 Å². The lowest BCUT2D eigenvalue weighted by Gasteiger charge is -2.23. The van der Waals surface area contributed by atoms with Gasteiger partial charge in [-0.15, -0.1) is 0 Å². The van der Waals surface area contributed by atoms with Crippen LogP contribution >= 0.6 is 0 Å². The van der Waals surface area contributed by atoms with Gasteiger partial charge in [0.15, 0.2) is 6.04 Å². The molecule has 0 radical (unpaired) electrons. The quantitative estimate of drug-likeness (QED) is 0.600. The molecule has 0 aromatic carbocycles. The number of aliphatic hydroxyl groups excluding tert-OH is 1. The van der Waals surface area contributed by atoms with Gasteiger partial charge in [0.1, 0.15) is 0 Å². The molecule has 6 heteroatoms. The fourth-order valence-corrected chi connectivity index (χ4v) is 1.65. The Kier molecular flexibility index (Phi) is 3.90. The zero-order chi connectivity index (χ0) is 11.4. The van der Waals surface area contributed by atoms with Crippen molar-refractivity contribution in [3.8, 4) is 0 Å². The molecule has 0 aromatic heterocycles. The van der Waals surface area contributed by atoms with Gasteiger partial charge in [0.25, 0.3) is 0 Å². The summed E-state index contributed by atoms with van der Waals surface area (Å²) >= 11 is 0. The van der Waals surface area contributed by atoms with Gasteiger partial charge in [-0.05, 0) is 19.8 Å². The van der Waals surface area contributed by atoms with Crippen LogP contribution in [0.2, 0.25) is 0 Å². The zero-order valence-electron chi connectivity index (χ0n) is 8.64. The average Bonchev–Trinajstić information content (AvgIpc) is 2.60. The maximum atomic E-state index is 11.6. The van der Waals surface area contributed by atoms with Gasteiger partial charge in [-0.1, -0.05) is 0 Å². The summed E-state index contributed by atoms with van der Waals surface area (Å²) in [5, 5.41) is 19.7. The number of carboxylic acid groups (broad SMARTS) is 1. The third kappa shape index (κ3) is 2.82. The molecule has 6 nitrogen and oxygen atoms in total. The highest BCUT2D eigenvalue weighted by Crippen LogP contribution is 2.16. The van der Waals surface area contributed by atoms with Crippen LogP contribution in [-0.2, 0) is 4.79 Å². The Bertz CT molecular complexity index is 256. The fourth-order valence-electron chi connectivity index (χ4n) is 1.65. The number of hydrogen-bond donors (Lipinski definition) is 3. The Balaban J connectivity index is 2.50. The number of rotatable bonds is 3. The largest absolute Gasteiger partial charge is 0.480 e. The number of nitrogens with zero attached hydrogens (tertiary/aromatic N) is 1. The first-order valence-electron chi connectivity index (χ1n) is 4.97. The molecule has 0 aliphatic carbocycles. The van der Waals surface area contributed by atoms with E-state index >= 15 is 0 Å². The molecule has 1 rings (SSSR count). The van der Waals surface area contributed by atoms with Crippen molar-refractivity contribution in [3.63, 3.8) is 0 Å². The van der Waals surface area contributed by atoms with Crippen molar-refractivity contribution in [3.05, 3.63) is 0 Å². The van der Waals surface area contributed by atoms with Gasteiger partial charge in [-0.2, -0.15) is 0 Å². The lowest BCUT2D eigenvalue weighted by Crippen LogP contribution is -2.50. The normalized spacial score (nSPS) is 22.5. The first-order valence-corrected chi connectivity index (χ1v) is 4.97. The van der Waals surface area contributed by atoms with Crippen molar-refractivity contribution in [1.82, 2.24) is 10.2 Å². The highest BCUT2D eigenvalue weighted by Gasteiger charge is 2.28. The third-order valence-corrected chi connectivity index (χ3v) is 2.59. The molecular weight excluding hydrogens is 200 g/mol. The van der Waals surface area contributed by atoms with E-state index in [0.29, 0.717) is 6.54 Å². The van der Waals surface area contributed by atoms with Crippen molar-refractivity contribution >= 4 is 12.0 Å². The highest BCUT2D eigenvalue weighted by atomic mass is 16.4. The summed E-state index contributed by atoms with van der Waals surface area (Å²) in [5.74, 6) is -1.22. The number of carbonyl (C=O) groups is 2. The second kappa shape index (κ2) is 4.97. The lowest BCUT2D eigenvalue weighted by molar-refractivity contribution is -0.140. The lowest BCUT2D eigenvalue weighted by atomic mass is 10.2. The number of aliphatic hydroxyl groups is 1. The molecule has 0 spiro atoms. The van der Waals surface area contributed by atoms with Crippen LogP contribution in [0.25, 0.3) is 0 Å². The van der Waals surface area contributed by atoms with Crippen LogP contribution in [0.5, 0.6) is 0 Å². The van der Waals surface area contributed by atoms with Crippen LogP contribution < -0.4 is 5.32 Å². The van der Waals surface area contributed by atoms with Crippen LogP contribution in [0.15, 0.2) is 0 Å².